The summed E-state index contributed by atoms with van der Waals surface area (Å²) in [5, 5.41) is 5.41. The summed E-state index contributed by atoms with van der Waals surface area (Å²) in [4.78, 5) is 26.4. The van der Waals surface area contributed by atoms with E-state index >= 15 is 0 Å². The Morgan fingerprint density at radius 3 is 2.59 bits per heavy atom. The van der Waals surface area contributed by atoms with Gasteiger partial charge < -0.3 is 15.6 Å². The maximum atomic E-state index is 14.3. The Bertz CT molecular complexity index is 1100. The highest BCUT2D eigenvalue weighted by Crippen LogP contribution is 2.32. The number of nitrogens with one attached hydrogen (secondary N) is 3. The van der Waals surface area contributed by atoms with E-state index in [0.29, 0.717) is 28.0 Å². The molecule has 5 nitrogen and oxygen atoms in total. The molecule has 1 aromatic heterocycles. The van der Waals surface area contributed by atoms with Gasteiger partial charge in [0.15, 0.2) is 0 Å². The van der Waals surface area contributed by atoms with Crippen molar-refractivity contribution in [3.63, 3.8) is 0 Å². The molecule has 0 spiro atoms. The SMILES string of the molecule is O=C1N[C@H](C(=O)NCCc2c(-c3ccc(F)cc3)[nH]c3c(F)cc(F)cc23)CS1. The maximum Gasteiger partial charge on any atom is 0.279 e. The average molecular weight is 419 g/mol. The van der Waals surface area contributed by atoms with E-state index in [1.165, 1.54) is 18.2 Å². The van der Waals surface area contributed by atoms with Crippen molar-refractivity contribution in [3.8, 4) is 11.3 Å². The van der Waals surface area contributed by atoms with Gasteiger partial charge in [-0.2, -0.15) is 0 Å². The van der Waals surface area contributed by atoms with Crippen molar-refractivity contribution in [2.24, 2.45) is 0 Å². The van der Waals surface area contributed by atoms with Gasteiger partial charge in [-0.05, 0) is 47.9 Å². The number of hydrogen-bond acceptors (Lipinski definition) is 3. The number of amides is 2. The lowest BCUT2D eigenvalue weighted by Crippen LogP contribution is -2.43. The molecule has 1 aliphatic rings. The molecule has 0 radical (unpaired) electrons. The lowest BCUT2D eigenvalue weighted by atomic mass is 10.0. The molecule has 3 N–H and O–H groups in total. The first-order valence-corrected chi connectivity index (χ1v) is 9.87. The van der Waals surface area contributed by atoms with E-state index in [0.717, 1.165) is 17.8 Å². The smallest absolute Gasteiger partial charge is 0.279 e. The molecule has 2 heterocycles. The van der Waals surface area contributed by atoms with Crippen LogP contribution >= 0.6 is 11.8 Å². The normalized spacial score (nSPS) is 16.2. The predicted molar refractivity (Wildman–Crippen MR) is 105 cm³/mol. The number of carbonyl (C=O) groups excluding carboxylic acids is 2. The number of aromatic nitrogens is 1. The molecule has 2 amide bonds. The Morgan fingerprint density at radius 1 is 1.14 bits per heavy atom. The van der Waals surface area contributed by atoms with E-state index in [1.54, 1.807) is 12.1 Å². The molecule has 29 heavy (non-hydrogen) atoms. The first-order valence-electron chi connectivity index (χ1n) is 8.89. The zero-order valence-electron chi connectivity index (χ0n) is 15.0. The summed E-state index contributed by atoms with van der Waals surface area (Å²) in [6.07, 6.45) is 0.287. The minimum absolute atomic E-state index is 0.145. The van der Waals surface area contributed by atoms with Gasteiger partial charge in [-0.3, -0.25) is 9.59 Å². The van der Waals surface area contributed by atoms with Gasteiger partial charge in [-0.15, -0.1) is 0 Å². The van der Waals surface area contributed by atoms with E-state index in [1.807, 2.05) is 0 Å². The van der Waals surface area contributed by atoms with Gasteiger partial charge >= 0.3 is 0 Å². The lowest BCUT2D eigenvalue weighted by molar-refractivity contribution is -0.122. The molecule has 4 rings (SSSR count). The largest absolute Gasteiger partial charge is 0.354 e. The molecule has 1 saturated heterocycles. The molecule has 150 valence electrons. The highest BCUT2D eigenvalue weighted by Gasteiger charge is 2.27. The van der Waals surface area contributed by atoms with Gasteiger partial charge in [0.1, 0.15) is 23.5 Å². The van der Waals surface area contributed by atoms with E-state index in [2.05, 4.69) is 15.6 Å². The van der Waals surface area contributed by atoms with E-state index < -0.39 is 23.5 Å². The van der Waals surface area contributed by atoms with Crippen molar-refractivity contribution < 1.29 is 22.8 Å². The van der Waals surface area contributed by atoms with Gasteiger partial charge in [0.2, 0.25) is 5.91 Å². The highest BCUT2D eigenvalue weighted by molar-refractivity contribution is 8.14. The standard InChI is InChI=1S/C20H16F3N3O2S/c21-11-3-1-10(2-4-11)17-13(14-7-12(22)8-15(23)18(14)26-17)5-6-24-19(27)16-9-29-20(28)25-16/h1-4,7-8,16,26H,5-6,9H2,(H,24,27)(H,25,28)/t16-/m0/s1. The molecule has 0 saturated carbocycles. The van der Waals surface area contributed by atoms with Crippen LogP contribution in [0.25, 0.3) is 22.2 Å². The number of carbonyl (C=O) groups is 2. The Labute approximate surface area is 168 Å². The van der Waals surface area contributed by atoms with Crippen LogP contribution in [-0.2, 0) is 11.2 Å². The Kier molecular flexibility index (Phi) is 5.23. The third-order valence-corrected chi connectivity index (χ3v) is 5.61. The van der Waals surface area contributed by atoms with Crippen LogP contribution in [-0.4, -0.2) is 34.5 Å². The summed E-state index contributed by atoms with van der Waals surface area (Å²) in [5.41, 5.74) is 1.90. The fourth-order valence-corrected chi connectivity index (χ4v) is 4.13. The molecular formula is C20H16F3N3O2S. The lowest BCUT2D eigenvalue weighted by Gasteiger charge is -2.11. The van der Waals surface area contributed by atoms with Crippen molar-refractivity contribution in [3.05, 3.63) is 59.4 Å². The molecule has 0 bridgehead atoms. The minimum atomic E-state index is -0.732. The number of hydrogen-bond donors (Lipinski definition) is 3. The molecule has 0 aliphatic carbocycles. The van der Waals surface area contributed by atoms with Gasteiger partial charge in [0.05, 0.1) is 5.52 Å². The predicted octanol–water partition coefficient (Wildman–Crippen LogP) is 3.74. The summed E-state index contributed by atoms with van der Waals surface area (Å²) in [5.74, 6) is -1.81. The van der Waals surface area contributed by atoms with Crippen LogP contribution in [0.15, 0.2) is 36.4 Å². The van der Waals surface area contributed by atoms with Crippen molar-refractivity contribution >= 4 is 33.8 Å². The second-order valence-electron chi connectivity index (χ2n) is 6.63. The zero-order chi connectivity index (χ0) is 20.5. The van der Waals surface area contributed by atoms with Crippen molar-refractivity contribution in [1.82, 2.24) is 15.6 Å². The van der Waals surface area contributed by atoms with Gasteiger partial charge in [0.25, 0.3) is 5.24 Å². The first kappa shape index (κ1) is 19.4. The van der Waals surface area contributed by atoms with E-state index in [4.69, 9.17) is 0 Å². The van der Waals surface area contributed by atoms with Gasteiger partial charge in [-0.1, -0.05) is 11.8 Å². The fraction of sp³-hybridized carbons (Fsp3) is 0.200. The zero-order valence-corrected chi connectivity index (χ0v) is 15.8. The minimum Gasteiger partial charge on any atom is -0.354 e. The number of H-pyrrole nitrogens is 1. The number of benzene rings is 2. The fourth-order valence-electron chi connectivity index (χ4n) is 3.36. The average Bonchev–Trinajstić information content (AvgIpc) is 3.27. The van der Waals surface area contributed by atoms with Gasteiger partial charge in [0, 0.05) is 29.4 Å². The first-order chi connectivity index (χ1) is 13.9. The van der Waals surface area contributed by atoms with Crippen LogP contribution in [0.5, 0.6) is 0 Å². The van der Waals surface area contributed by atoms with Crippen LogP contribution < -0.4 is 10.6 Å². The van der Waals surface area contributed by atoms with Crippen molar-refractivity contribution in [2.75, 3.05) is 12.3 Å². The molecule has 1 aliphatic heterocycles. The van der Waals surface area contributed by atoms with Crippen molar-refractivity contribution in [1.29, 1.82) is 0 Å². The Balaban J connectivity index is 1.62. The van der Waals surface area contributed by atoms with E-state index in [-0.39, 0.29) is 29.6 Å². The second-order valence-corrected chi connectivity index (χ2v) is 7.62. The summed E-state index contributed by atoms with van der Waals surface area (Å²) in [6, 6.07) is 7.07. The molecular weight excluding hydrogens is 403 g/mol. The number of aromatic amines is 1. The third-order valence-electron chi connectivity index (χ3n) is 4.73. The summed E-state index contributed by atoms with van der Waals surface area (Å²) in [6.45, 7) is 0.204. The van der Waals surface area contributed by atoms with Crippen molar-refractivity contribution in [2.45, 2.75) is 12.5 Å². The number of thioether (sulfide) groups is 1. The van der Waals surface area contributed by atoms with E-state index in [9.17, 15) is 22.8 Å². The molecule has 9 heteroatoms. The quantitative estimate of drug-likeness (QED) is 0.590. The van der Waals surface area contributed by atoms with Crippen LogP contribution in [0.2, 0.25) is 0 Å². The summed E-state index contributed by atoms with van der Waals surface area (Å²) in [7, 11) is 0. The Hall–Kier alpha value is -2.94. The molecule has 1 atom stereocenters. The van der Waals surface area contributed by atoms with Crippen LogP contribution in [0, 0.1) is 17.5 Å². The molecule has 0 unspecified atom stereocenters. The molecule has 2 aromatic carbocycles. The van der Waals surface area contributed by atoms with Gasteiger partial charge in [-0.25, -0.2) is 13.2 Å². The Morgan fingerprint density at radius 2 is 1.90 bits per heavy atom. The summed E-state index contributed by atoms with van der Waals surface area (Å²) < 4.78 is 41.4. The molecule has 1 fully saturated rings. The second kappa shape index (κ2) is 7.82. The molecule has 3 aromatic rings. The number of fused-ring (bicyclic) bond motifs is 1. The maximum absolute atomic E-state index is 14.3. The van der Waals surface area contributed by atoms with Crippen LogP contribution in [0.4, 0.5) is 18.0 Å². The third kappa shape index (κ3) is 3.95. The topological polar surface area (TPSA) is 74.0 Å². The summed E-state index contributed by atoms with van der Waals surface area (Å²) >= 11 is 1.04. The monoisotopic (exact) mass is 419 g/mol. The number of rotatable bonds is 5. The highest BCUT2D eigenvalue weighted by atomic mass is 32.2. The number of halogens is 3. The van der Waals surface area contributed by atoms with Crippen LogP contribution in [0.3, 0.4) is 0 Å². The van der Waals surface area contributed by atoms with Crippen LogP contribution in [0.1, 0.15) is 5.56 Å².